The van der Waals surface area contributed by atoms with Gasteiger partial charge in [-0.05, 0) is 24.8 Å². The van der Waals surface area contributed by atoms with E-state index in [0.29, 0.717) is 0 Å². The van der Waals surface area contributed by atoms with Gasteiger partial charge in [0.15, 0.2) is 0 Å². The first-order valence-corrected chi connectivity index (χ1v) is 3.88. The molecule has 58 valence electrons. The summed E-state index contributed by atoms with van der Waals surface area (Å²) >= 11 is 0. The average Bonchev–Trinajstić information content (AvgIpc) is 2.07. The lowest BCUT2D eigenvalue weighted by molar-refractivity contribution is 0.924. The van der Waals surface area contributed by atoms with Crippen LogP contribution in [0, 0.1) is 0 Å². The van der Waals surface area contributed by atoms with Crippen LogP contribution in [-0.4, -0.2) is 6.54 Å². The molecule has 0 aromatic heterocycles. The third-order valence-corrected chi connectivity index (χ3v) is 1.40. The molecule has 0 amide bonds. The van der Waals surface area contributed by atoms with Crippen LogP contribution in [0.15, 0.2) is 36.5 Å². The van der Waals surface area contributed by atoms with E-state index in [1.807, 2.05) is 24.4 Å². The molecule has 0 unspecified atom stereocenters. The van der Waals surface area contributed by atoms with Gasteiger partial charge in [-0.15, -0.1) is 0 Å². The zero-order valence-corrected chi connectivity index (χ0v) is 6.75. The fourth-order valence-electron chi connectivity index (χ4n) is 0.837. The Hall–Kier alpha value is -1.24. The summed E-state index contributed by atoms with van der Waals surface area (Å²) in [4.78, 5) is 0. The van der Waals surface area contributed by atoms with Crippen molar-refractivity contribution in [1.29, 1.82) is 0 Å². The van der Waals surface area contributed by atoms with Crippen molar-refractivity contribution in [1.82, 2.24) is 5.32 Å². The van der Waals surface area contributed by atoms with Crippen molar-refractivity contribution in [2.45, 2.75) is 6.92 Å². The maximum Gasteiger partial charge on any atom is 0.0113 e. The highest BCUT2D eigenvalue weighted by atomic mass is 14.8. The van der Waals surface area contributed by atoms with Crippen LogP contribution < -0.4 is 5.32 Å². The largest absolute Gasteiger partial charge is 0.391 e. The van der Waals surface area contributed by atoms with E-state index in [1.54, 1.807) is 0 Å². The molecule has 0 spiro atoms. The van der Waals surface area contributed by atoms with E-state index in [4.69, 9.17) is 0 Å². The van der Waals surface area contributed by atoms with Crippen molar-refractivity contribution in [3.05, 3.63) is 42.1 Å². The minimum Gasteiger partial charge on any atom is -0.391 e. The predicted molar refractivity (Wildman–Crippen MR) is 49.2 cm³/mol. The van der Waals surface area contributed by atoms with Gasteiger partial charge in [0.05, 0.1) is 0 Å². The second-order valence-electron chi connectivity index (χ2n) is 2.30. The molecule has 1 N–H and O–H groups in total. The van der Waals surface area contributed by atoms with Crippen molar-refractivity contribution < 1.29 is 0 Å². The summed E-state index contributed by atoms with van der Waals surface area (Å²) in [6.07, 6.45) is 4.03. The van der Waals surface area contributed by atoms with Crippen molar-refractivity contribution in [2.24, 2.45) is 0 Å². The Morgan fingerprint density at radius 2 is 2.00 bits per heavy atom. The highest BCUT2D eigenvalue weighted by molar-refractivity contribution is 5.48. The highest BCUT2D eigenvalue weighted by Crippen LogP contribution is 1.99. The van der Waals surface area contributed by atoms with Crippen molar-refractivity contribution in [3.63, 3.8) is 0 Å². The zero-order valence-electron chi connectivity index (χ0n) is 6.75. The molecule has 11 heavy (non-hydrogen) atoms. The molecule has 0 atom stereocenters. The van der Waals surface area contributed by atoms with Crippen LogP contribution in [0.4, 0.5) is 0 Å². The van der Waals surface area contributed by atoms with Gasteiger partial charge in [-0.1, -0.05) is 30.3 Å². The lowest BCUT2D eigenvalue weighted by Crippen LogP contribution is -2.00. The summed E-state index contributed by atoms with van der Waals surface area (Å²) in [6, 6.07) is 10.2. The van der Waals surface area contributed by atoms with E-state index in [1.165, 1.54) is 5.56 Å². The summed E-state index contributed by atoms with van der Waals surface area (Å²) in [5, 5.41) is 3.12. The number of rotatable bonds is 3. The summed E-state index contributed by atoms with van der Waals surface area (Å²) in [6.45, 7) is 3.05. The predicted octanol–water partition coefficient (Wildman–Crippen LogP) is 2.27. The molecule has 0 saturated heterocycles. The van der Waals surface area contributed by atoms with Crippen LogP contribution in [0.3, 0.4) is 0 Å². The molecular formula is C10H13N. The van der Waals surface area contributed by atoms with Gasteiger partial charge in [0, 0.05) is 6.54 Å². The molecule has 1 aromatic carbocycles. The molecule has 0 bridgehead atoms. The monoisotopic (exact) mass is 147 g/mol. The Balaban J connectivity index is 2.50. The van der Waals surface area contributed by atoms with Gasteiger partial charge < -0.3 is 5.32 Å². The van der Waals surface area contributed by atoms with Crippen molar-refractivity contribution in [3.8, 4) is 0 Å². The molecule has 1 nitrogen and oxygen atoms in total. The summed E-state index contributed by atoms with van der Waals surface area (Å²) in [5.74, 6) is 0. The van der Waals surface area contributed by atoms with Crippen LogP contribution in [0.1, 0.15) is 12.5 Å². The first kappa shape index (κ1) is 7.86. The third-order valence-electron chi connectivity index (χ3n) is 1.40. The molecule has 0 aliphatic rings. The van der Waals surface area contributed by atoms with Gasteiger partial charge in [-0.25, -0.2) is 0 Å². The first-order chi connectivity index (χ1) is 5.43. The smallest absolute Gasteiger partial charge is 0.0113 e. The number of hydrogen-bond acceptors (Lipinski definition) is 1. The normalized spacial score (nSPS) is 10.3. The SMILES string of the molecule is CCNC=Cc1ccccc1. The summed E-state index contributed by atoms with van der Waals surface area (Å²) < 4.78 is 0. The van der Waals surface area contributed by atoms with Crippen molar-refractivity contribution in [2.75, 3.05) is 6.54 Å². The minimum absolute atomic E-state index is 0.976. The van der Waals surface area contributed by atoms with Gasteiger partial charge in [0.25, 0.3) is 0 Å². The van der Waals surface area contributed by atoms with E-state index >= 15 is 0 Å². The Morgan fingerprint density at radius 3 is 2.64 bits per heavy atom. The molecule has 0 fully saturated rings. The fraction of sp³-hybridized carbons (Fsp3) is 0.200. The van der Waals surface area contributed by atoms with E-state index < -0.39 is 0 Å². The number of hydrogen-bond donors (Lipinski definition) is 1. The Kier molecular flexibility index (Phi) is 3.26. The highest BCUT2D eigenvalue weighted by Gasteiger charge is 1.79. The quantitative estimate of drug-likeness (QED) is 0.691. The van der Waals surface area contributed by atoms with E-state index in [2.05, 4.69) is 30.4 Å². The topological polar surface area (TPSA) is 12.0 Å². The van der Waals surface area contributed by atoms with E-state index in [-0.39, 0.29) is 0 Å². The van der Waals surface area contributed by atoms with Crippen LogP contribution in [0.2, 0.25) is 0 Å². The molecule has 0 aliphatic heterocycles. The Labute approximate surface area is 67.8 Å². The van der Waals surface area contributed by atoms with E-state index in [9.17, 15) is 0 Å². The van der Waals surface area contributed by atoms with Crippen LogP contribution in [0.5, 0.6) is 0 Å². The lowest BCUT2D eigenvalue weighted by Gasteiger charge is -1.92. The van der Waals surface area contributed by atoms with E-state index in [0.717, 1.165) is 6.54 Å². The summed E-state index contributed by atoms with van der Waals surface area (Å²) in [7, 11) is 0. The zero-order chi connectivity index (χ0) is 7.94. The van der Waals surface area contributed by atoms with Gasteiger partial charge in [-0.2, -0.15) is 0 Å². The minimum atomic E-state index is 0.976. The fourth-order valence-corrected chi connectivity index (χ4v) is 0.837. The number of nitrogens with one attached hydrogen (secondary N) is 1. The Bertz CT molecular complexity index is 214. The standard InChI is InChI=1S/C10H13N/c1-2-11-9-8-10-6-4-3-5-7-10/h3-9,11H,2H2,1H3. The molecule has 1 aromatic rings. The summed E-state index contributed by atoms with van der Waals surface area (Å²) in [5.41, 5.74) is 1.23. The second-order valence-corrected chi connectivity index (χ2v) is 2.30. The number of benzene rings is 1. The molecule has 0 radical (unpaired) electrons. The van der Waals surface area contributed by atoms with Gasteiger partial charge >= 0.3 is 0 Å². The van der Waals surface area contributed by atoms with Crippen molar-refractivity contribution >= 4 is 6.08 Å². The molecule has 1 heteroatoms. The van der Waals surface area contributed by atoms with Crippen LogP contribution in [-0.2, 0) is 0 Å². The third kappa shape index (κ3) is 2.89. The molecule has 0 heterocycles. The first-order valence-electron chi connectivity index (χ1n) is 3.88. The maximum atomic E-state index is 3.12. The second kappa shape index (κ2) is 4.56. The van der Waals surface area contributed by atoms with Crippen LogP contribution >= 0.6 is 0 Å². The molecule has 0 aliphatic carbocycles. The molecule has 0 saturated carbocycles. The molecular weight excluding hydrogens is 134 g/mol. The Morgan fingerprint density at radius 1 is 1.27 bits per heavy atom. The maximum absolute atomic E-state index is 3.12. The van der Waals surface area contributed by atoms with Crippen LogP contribution in [0.25, 0.3) is 6.08 Å². The molecule has 1 rings (SSSR count). The van der Waals surface area contributed by atoms with Gasteiger partial charge in [0.2, 0.25) is 0 Å². The lowest BCUT2D eigenvalue weighted by atomic mass is 10.2. The average molecular weight is 147 g/mol. The van der Waals surface area contributed by atoms with Gasteiger partial charge in [0.1, 0.15) is 0 Å². The van der Waals surface area contributed by atoms with Gasteiger partial charge in [-0.3, -0.25) is 0 Å².